The van der Waals surface area contributed by atoms with Gasteiger partial charge >= 0.3 is 0 Å². The normalized spacial score (nSPS) is 15.1. The first-order valence-electron chi connectivity index (χ1n) is 22.4. The monoisotopic (exact) mass is 817 g/mol. The third-order valence-electron chi connectivity index (χ3n) is 13.8. The van der Waals surface area contributed by atoms with E-state index in [0.717, 1.165) is 47.0 Å². The number of fused-ring (bicyclic) bond motifs is 13. The highest BCUT2D eigenvalue weighted by Crippen LogP contribution is 2.67. The molecule has 3 aliphatic rings. The Morgan fingerprint density at radius 2 is 0.875 bits per heavy atom. The molecule has 9 aromatic carbocycles. The van der Waals surface area contributed by atoms with Gasteiger partial charge in [-0.25, -0.2) is 0 Å². The minimum Gasteiger partial charge on any atom is -0.313 e. The fourth-order valence-electron chi connectivity index (χ4n) is 11.4. The van der Waals surface area contributed by atoms with Gasteiger partial charge in [0.15, 0.2) is 0 Å². The minimum atomic E-state index is -0.669. The van der Waals surface area contributed by atoms with Crippen molar-refractivity contribution < 1.29 is 0 Å². The van der Waals surface area contributed by atoms with E-state index in [4.69, 9.17) is 0 Å². The molecule has 1 aromatic heterocycles. The van der Waals surface area contributed by atoms with Crippen molar-refractivity contribution in [2.45, 2.75) is 18.3 Å². The van der Waals surface area contributed by atoms with Crippen LogP contribution in [0.15, 0.2) is 231 Å². The molecule has 1 atom stereocenters. The second-order valence-corrected chi connectivity index (χ2v) is 17.1. The highest BCUT2D eigenvalue weighted by Gasteiger charge is 2.55. The Balaban J connectivity index is 1.14. The van der Waals surface area contributed by atoms with E-state index in [1.165, 1.54) is 72.4 Å². The van der Waals surface area contributed by atoms with Crippen molar-refractivity contribution in [3.63, 3.8) is 0 Å². The Morgan fingerprint density at radius 1 is 0.406 bits per heavy atom. The van der Waals surface area contributed by atoms with Gasteiger partial charge in [0.05, 0.1) is 22.3 Å². The first-order valence-corrected chi connectivity index (χ1v) is 22.4. The van der Waals surface area contributed by atoms with Crippen LogP contribution in [-0.2, 0) is 11.8 Å². The molecule has 64 heavy (non-hydrogen) atoms. The molecule has 1 unspecified atom stereocenters. The van der Waals surface area contributed by atoms with Gasteiger partial charge in [0.2, 0.25) is 0 Å². The second kappa shape index (κ2) is 14.5. The van der Waals surface area contributed by atoms with Crippen LogP contribution in [0.5, 0.6) is 0 Å². The number of benzene rings is 9. The lowest BCUT2D eigenvalue weighted by molar-refractivity contribution is 0.792. The Bertz CT molecular complexity index is 3390. The maximum absolute atomic E-state index is 2.53. The highest BCUT2D eigenvalue weighted by atomic mass is 15.2. The quantitative estimate of drug-likeness (QED) is 0.159. The Kier molecular flexibility index (Phi) is 8.26. The van der Waals surface area contributed by atoms with Crippen LogP contribution in [0.1, 0.15) is 39.9 Å². The van der Waals surface area contributed by atoms with E-state index in [-0.39, 0.29) is 0 Å². The zero-order valence-electron chi connectivity index (χ0n) is 35.3. The zero-order valence-corrected chi connectivity index (χ0v) is 35.3. The average molecular weight is 818 g/mol. The Morgan fingerprint density at radius 3 is 1.42 bits per heavy atom. The summed E-state index contributed by atoms with van der Waals surface area (Å²) < 4.78 is 2.51. The SMILES string of the molecule is C1=Cc2c(n(-c3ccccc3)c3cc(N(c4ccccc4)c4cccc5c4C4(c6ccccc6-c6cccc(N(c7ccccc7)c7ccccc7)c64)c4ccccc4-5)ccc23)CC1. The lowest BCUT2D eigenvalue weighted by Crippen LogP contribution is -2.30. The van der Waals surface area contributed by atoms with Gasteiger partial charge in [-0.15, -0.1) is 0 Å². The molecule has 302 valence electrons. The molecule has 0 fully saturated rings. The highest BCUT2D eigenvalue weighted by molar-refractivity contribution is 6.04. The summed E-state index contributed by atoms with van der Waals surface area (Å²) in [7, 11) is 0. The van der Waals surface area contributed by atoms with Gasteiger partial charge in [-0.3, -0.25) is 0 Å². The molecule has 1 heterocycles. The van der Waals surface area contributed by atoms with Crippen molar-refractivity contribution >= 4 is 51.1 Å². The van der Waals surface area contributed by atoms with E-state index in [1.807, 2.05) is 0 Å². The number of aromatic nitrogens is 1. The van der Waals surface area contributed by atoms with E-state index >= 15 is 0 Å². The molecule has 3 nitrogen and oxygen atoms in total. The van der Waals surface area contributed by atoms with E-state index in [2.05, 4.69) is 251 Å². The van der Waals surface area contributed by atoms with Crippen molar-refractivity contribution in [2.75, 3.05) is 9.80 Å². The number of hydrogen-bond acceptors (Lipinski definition) is 2. The van der Waals surface area contributed by atoms with Crippen molar-refractivity contribution in [1.82, 2.24) is 4.57 Å². The molecule has 0 amide bonds. The Labute approximate surface area is 374 Å². The molecule has 0 radical (unpaired) electrons. The molecule has 0 saturated heterocycles. The number of anilines is 6. The molecular weight excluding hydrogens is 775 g/mol. The summed E-state index contributed by atoms with van der Waals surface area (Å²) in [4.78, 5) is 4.99. The molecule has 3 aliphatic carbocycles. The smallest absolute Gasteiger partial charge is 0.0766 e. The third kappa shape index (κ3) is 5.22. The summed E-state index contributed by atoms with van der Waals surface area (Å²) in [5.74, 6) is 0. The standard InChI is InChI=1S/C61H43N3/c1-5-21-42(22-6-1)62(43-23-7-2-8-24-43)56-37-19-32-51-47-29-13-16-34-53(47)61(59(51)56)54-35-17-14-30-48(54)52-33-20-38-57(60(52)61)63(44-25-9-3-10-26-44)46-39-40-50-49-31-15-18-36-55(49)64(58(50)41-46)45-27-11-4-12-28-45/h1-17,19-35,37-41H,18,36H2. The molecule has 1 spiro atoms. The number of allylic oxidation sites excluding steroid dienone is 1. The fourth-order valence-corrected chi connectivity index (χ4v) is 11.4. The second-order valence-electron chi connectivity index (χ2n) is 17.1. The predicted octanol–water partition coefficient (Wildman–Crippen LogP) is 15.9. The molecular formula is C61H43N3. The summed E-state index contributed by atoms with van der Waals surface area (Å²) in [5, 5.41) is 1.28. The van der Waals surface area contributed by atoms with Crippen LogP contribution >= 0.6 is 0 Å². The van der Waals surface area contributed by atoms with Crippen LogP contribution in [-0.4, -0.2) is 4.57 Å². The van der Waals surface area contributed by atoms with E-state index in [9.17, 15) is 0 Å². The van der Waals surface area contributed by atoms with Gasteiger partial charge in [0, 0.05) is 56.2 Å². The molecule has 13 rings (SSSR count). The van der Waals surface area contributed by atoms with Gasteiger partial charge in [-0.2, -0.15) is 0 Å². The van der Waals surface area contributed by atoms with Crippen molar-refractivity contribution in [3.05, 3.63) is 264 Å². The number of nitrogens with zero attached hydrogens (tertiary/aromatic N) is 3. The largest absolute Gasteiger partial charge is 0.313 e. The van der Waals surface area contributed by atoms with Crippen molar-refractivity contribution in [1.29, 1.82) is 0 Å². The minimum absolute atomic E-state index is 0.669. The number of hydrogen-bond donors (Lipinski definition) is 0. The van der Waals surface area contributed by atoms with Gasteiger partial charge in [-0.1, -0.05) is 164 Å². The van der Waals surface area contributed by atoms with Gasteiger partial charge in [0.25, 0.3) is 0 Å². The van der Waals surface area contributed by atoms with Crippen LogP contribution in [0.25, 0.3) is 44.9 Å². The molecule has 0 saturated carbocycles. The molecule has 10 aromatic rings. The first kappa shape index (κ1) is 36.5. The van der Waals surface area contributed by atoms with Crippen LogP contribution in [0, 0.1) is 0 Å². The summed E-state index contributed by atoms with van der Waals surface area (Å²) in [6, 6.07) is 83.0. The van der Waals surface area contributed by atoms with E-state index < -0.39 is 5.41 Å². The van der Waals surface area contributed by atoms with Crippen molar-refractivity contribution in [3.8, 4) is 27.9 Å². The molecule has 3 heteroatoms. The van der Waals surface area contributed by atoms with E-state index in [0.29, 0.717) is 0 Å². The maximum Gasteiger partial charge on any atom is 0.0766 e. The maximum atomic E-state index is 2.53. The molecule has 0 aliphatic heterocycles. The summed E-state index contributed by atoms with van der Waals surface area (Å²) in [6.45, 7) is 0. The zero-order chi connectivity index (χ0) is 42.2. The van der Waals surface area contributed by atoms with Gasteiger partial charge in [0.1, 0.15) is 0 Å². The van der Waals surface area contributed by atoms with Crippen LogP contribution < -0.4 is 9.80 Å². The Hall–Kier alpha value is -8.14. The van der Waals surface area contributed by atoms with Gasteiger partial charge in [-0.05, 0) is 119 Å². The van der Waals surface area contributed by atoms with E-state index in [1.54, 1.807) is 0 Å². The van der Waals surface area contributed by atoms with Crippen LogP contribution in [0.3, 0.4) is 0 Å². The summed E-state index contributed by atoms with van der Waals surface area (Å²) in [5.41, 5.74) is 21.5. The molecule has 0 N–H and O–H groups in total. The summed E-state index contributed by atoms with van der Waals surface area (Å²) >= 11 is 0. The molecule has 0 bridgehead atoms. The fraction of sp³-hybridized carbons (Fsp3) is 0.0492. The van der Waals surface area contributed by atoms with Crippen molar-refractivity contribution in [2.24, 2.45) is 0 Å². The summed E-state index contributed by atoms with van der Waals surface area (Å²) in [6.07, 6.45) is 6.70. The third-order valence-corrected chi connectivity index (χ3v) is 13.8. The topological polar surface area (TPSA) is 11.4 Å². The first-order chi connectivity index (χ1) is 31.8. The number of para-hydroxylation sites is 4. The predicted molar refractivity (Wildman–Crippen MR) is 266 cm³/mol. The van der Waals surface area contributed by atoms with Gasteiger partial charge < -0.3 is 14.4 Å². The lowest BCUT2D eigenvalue weighted by Gasteiger charge is -2.38. The lowest BCUT2D eigenvalue weighted by atomic mass is 9.69. The number of rotatable bonds is 7. The van der Waals surface area contributed by atoms with Crippen LogP contribution in [0.2, 0.25) is 0 Å². The van der Waals surface area contributed by atoms with Crippen LogP contribution in [0.4, 0.5) is 34.1 Å². The average Bonchev–Trinajstić information content (AvgIpc) is 3.98.